The van der Waals surface area contributed by atoms with Crippen LogP contribution in [0.5, 0.6) is 0 Å². The normalized spacial score (nSPS) is 19.8. The van der Waals surface area contributed by atoms with Gasteiger partial charge >= 0.3 is 0 Å². The Labute approximate surface area is 103 Å². The monoisotopic (exact) mass is 231 g/mol. The Bertz CT molecular complexity index is 457. The van der Waals surface area contributed by atoms with Gasteiger partial charge < -0.3 is 0 Å². The Hall–Kier alpha value is -1.30. The molecule has 1 heterocycles. The summed E-state index contributed by atoms with van der Waals surface area (Å²) in [5.74, 6) is 0.403. The molecule has 0 N–H and O–H groups in total. The lowest BCUT2D eigenvalue weighted by Crippen LogP contribution is -2.26. The topological polar surface area (TPSA) is 41.6 Å². The van der Waals surface area contributed by atoms with Crippen LogP contribution in [0.1, 0.15) is 62.9 Å². The van der Waals surface area contributed by atoms with Crippen molar-refractivity contribution in [3.05, 3.63) is 17.0 Å². The molecule has 3 heteroatoms. The van der Waals surface area contributed by atoms with Crippen LogP contribution in [0.4, 0.5) is 0 Å². The molecule has 17 heavy (non-hydrogen) atoms. The predicted molar refractivity (Wildman–Crippen MR) is 67.9 cm³/mol. The van der Waals surface area contributed by atoms with Crippen LogP contribution in [0.3, 0.4) is 0 Å². The van der Waals surface area contributed by atoms with Crippen molar-refractivity contribution in [2.45, 2.75) is 64.8 Å². The molecule has 92 valence electrons. The maximum Gasteiger partial charge on any atom is 0.0632 e. The van der Waals surface area contributed by atoms with E-state index in [1.54, 1.807) is 0 Å². The van der Waals surface area contributed by atoms with Gasteiger partial charge in [0.2, 0.25) is 0 Å². The smallest absolute Gasteiger partial charge is 0.0632 e. The van der Waals surface area contributed by atoms with Crippen molar-refractivity contribution in [2.24, 2.45) is 0 Å². The zero-order chi connectivity index (χ0) is 12.6. The number of nitrogens with zero attached hydrogens (tertiary/aromatic N) is 3. The molecule has 2 rings (SSSR count). The summed E-state index contributed by atoms with van der Waals surface area (Å²) in [6, 6.07) is 2.32. The van der Waals surface area contributed by atoms with E-state index in [2.05, 4.69) is 38.4 Å². The molecule has 1 aromatic heterocycles. The minimum Gasteiger partial charge on any atom is -0.264 e. The Balaban J connectivity index is 2.50. The Morgan fingerprint density at radius 3 is 2.76 bits per heavy atom. The van der Waals surface area contributed by atoms with Gasteiger partial charge in [-0.3, -0.25) is 4.68 Å². The van der Waals surface area contributed by atoms with Crippen LogP contribution in [0.2, 0.25) is 0 Å². The fourth-order valence-corrected chi connectivity index (χ4v) is 2.89. The summed E-state index contributed by atoms with van der Waals surface area (Å²) in [5.41, 5.74) is 3.87. The maximum absolute atomic E-state index is 8.92. The molecule has 1 aliphatic rings. The van der Waals surface area contributed by atoms with E-state index in [-0.39, 0.29) is 5.54 Å². The van der Waals surface area contributed by atoms with E-state index < -0.39 is 0 Å². The summed E-state index contributed by atoms with van der Waals surface area (Å²) in [6.45, 7) is 8.64. The largest absolute Gasteiger partial charge is 0.264 e. The van der Waals surface area contributed by atoms with Gasteiger partial charge in [-0.25, -0.2) is 0 Å². The Kier molecular flexibility index (Phi) is 2.99. The third kappa shape index (κ3) is 2.09. The summed E-state index contributed by atoms with van der Waals surface area (Å²) in [7, 11) is 0. The number of aromatic nitrogens is 2. The van der Waals surface area contributed by atoms with Gasteiger partial charge in [-0.2, -0.15) is 10.4 Å². The lowest BCUT2D eigenvalue weighted by atomic mass is 9.83. The molecule has 0 aliphatic heterocycles. The van der Waals surface area contributed by atoms with Crippen molar-refractivity contribution in [2.75, 3.05) is 0 Å². The van der Waals surface area contributed by atoms with Crippen LogP contribution in [0.15, 0.2) is 0 Å². The van der Waals surface area contributed by atoms with Gasteiger partial charge in [-0.1, -0.05) is 0 Å². The van der Waals surface area contributed by atoms with E-state index in [9.17, 15) is 0 Å². The van der Waals surface area contributed by atoms with Crippen molar-refractivity contribution < 1.29 is 0 Å². The first-order valence-corrected chi connectivity index (χ1v) is 6.41. The fraction of sp³-hybridized carbons (Fsp3) is 0.714. The number of aryl methyl sites for hydroxylation is 1. The van der Waals surface area contributed by atoms with E-state index in [0.717, 1.165) is 18.5 Å². The van der Waals surface area contributed by atoms with Gasteiger partial charge in [-0.15, -0.1) is 0 Å². The predicted octanol–water partition coefficient (Wildman–Crippen LogP) is 3.28. The van der Waals surface area contributed by atoms with Crippen molar-refractivity contribution in [1.82, 2.24) is 9.78 Å². The summed E-state index contributed by atoms with van der Waals surface area (Å²) in [4.78, 5) is 0. The first-order chi connectivity index (χ1) is 7.95. The van der Waals surface area contributed by atoms with E-state index in [0.29, 0.717) is 12.3 Å². The van der Waals surface area contributed by atoms with Crippen molar-refractivity contribution >= 4 is 0 Å². The molecule has 3 nitrogen and oxygen atoms in total. The van der Waals surface area contributed by atoms with Crippen molar-refractivity contribution in [3.63, 3.8) is 0 Å². The molecule has 0 bridgehead atoms. The zero-order valence-corrected chi connectivity index (χ0v) is 11.2. The van der Waals surface area contributed by atoms with Gasteiger partial charge in [0.25, 0.3) is 0 Å². The molecule has 0 spiro atoms. The Morgan fingerprint density at radius 1 is 1.47 bits per heavy atom. The number of hydrogen-bond donors (Lipinski definition) is 0. The summed E-state index contributed by atoms with van der Waals surface area (Å²) in [6.07, 6.45) is 4.05. The Morgan fingerprint density at radius 2 is 2.18 bits per heavy atom. The molecular weight excluding hydrogens is 210 g/mol. The third-order valence-corrected chi connectivity index (χ3v) is 3.55. The highest BCUT2D eigenvalue weighted by atomic mass is 15.3. The highest BCUT2D eigenvalue weighted by Crippen LogP contribution is 2.37. The molecule has 0 aromatic carbocycles. The molecule has 1 unspecified atom stereocenters. The molecule has 1 aromatic rings. The van der Waals surface area contributed by atoms with E-state index >= 15 is 0 Å². The second kappa shape index (κ2) is 4.18. The average Bonchev–Trinajstić information content (AvgIpc) is 2.57. The molecule has 0 saturated carbocycles. The minimum absolute atomic E-state index is 0.0346. The molecule has 0 fully saturated rings. The van der Waals surface area contributed by atoms with Crippen LogP contribution in [0.25, 0.3) is 0 Å². The van der Waals surface area contributed by atoms with Crippen LogP contribution in [0, 0.1) is 18.3 Å². The second-order valence-electron chi connectivity index (χ2n) is 5.98. The molecule has 0 amide bonds. The van der Waals surface area contributed by atoms with Crippen LogP contribution in [-0.4, -0.2) is 9.78 Å². The van der Waals surface area contributed by atoms with Gasteiger partial charge in [0.1, 0.15) is 0 Å². The number of rotatable bonds is 1. The molecule has 0 radical (unpaired) electrons. The first kappa shape index (κ1) is 12.2. The lowest BCUT2D eigenvalue weighted by Gasteiger charge is -2.27. The van der Waals surface area contributed by atoms with Crippen molar-refractivity contribution in [1.29, 1.82) is 5.26 Å². The third-order valence-electron chi connectivity index (χ3n) is 3.55. The number of fused-ring (bicyclic) bond motifs is 1. The van der Waals surface area contributed by atoms with Gasteiger partial charge in [-0.05, 0) is 47.0 Å². The van der Waals surface area contributed by atoms with Crippen LogP contribution >= 0.6 is 0 Å². The minimum atomic E-state index is 0.0346. The van der Waals surface area contributed by atoms with Crippen LogP contribution < -0.4 is 0 Å². The summed E-state index contributed by atoms with van der Waals surface area (Å²) in [5, 5.41) is 13.6. The summed E-state index contributed by atoms with van der Waals surface area (Å²) < 4.78 is 2.17. The fourth-order valence-electron chi connectivity index (χ4n) is 2.89. The highest BCUT2D eigenvalue weighted by Gasteiger charge is 2.30. The average molecular weight is 231 g/mol. The summed E-state index contributed by atoms with van der Waals surface area (Å²) >= 11 is 0. The number of nitriles is 1. The number of hydrogen-bond acceptors (Lipinski definition) is 2. The van der Waals surface area contributed by atoms with Gasteiger partial charge in [0.05, 0.1) is 17.3 Å². The highest BCUT2D eigenvalue weighted by molar-refractivity contribution is 5.33. The zero-order valence-electron chi connectivity index (χ0n) is 11.2. The second-order valence-corrected chi connectivity index (χ2v) is 5.98. The van der Waals surface area contributed by atoms with Gasteiger partial charge in [0.15, 0.2) is 0 Å². The van der Waals surface area contributed by atoms with E-state index in [4.69, 9.17) is 10.4 Å². The quantitative estimate of drug-likeness (QED) is 0.744. The molecular formula is C14H21N3. The molecule has 0 saturated heterocycles. The van der Waals surface area contributed by atoms with Crippen molar-refractivity contribution in [3.8, 4) is 6.07 Å². The molecule has 1 atom stereocenters. The van der Waals surface area contributed by atoms with Crippen LogP contribution in [-0.2, 0) is 12.0 Å². The SMILES string of the molecule is Cc1nn(C(C)(C)C)c2c1C(CC#N)CCC2. The standard InChI is InChI=1S/C14H21N3/c1-10-13-11(8-9-15)6-5-7-12(13)17(16-10)14(2,3)4/h11H,5-8H2,1-4H3. The van der Waals surface area contributed by atoms with Gasteiger partial charge in [0, 0.05) is 23.6 Å². The maximum atomic E-state index is 8.92. The van der Waals surface area contributed by atoms with E-state index in [1.165, 1.54) is 17.7 Å². The first-order valence-electron chi connectivity index (χ1n) is 6.41. The molecule has 1 aliphatic carbocycles. The lowest BCUT2D eigenvalue weighted by molar-refractivity contribution is 0.336. The van der Waals surface area contributed by atoms with E-state index in [1.807, 2.05) is 0 Å².